The molecule has 22 heavy (non-hydrogen) atoms. The lowest BCUT2D eigenvalue weighted by atomic mass is 10.1. The zero-order valence-electron chi connectivity index (χ0n) is 12.5. The van der Waals surface area contributed by atoms with Crippen molar-refractivity contribution in [3.8, 4) is 0 Å². The van der Waals surface area contributed by atoms with Crippen LogP contribution in [0.1, 0.15) is 19.3 Å². The van der Waals surface area contributed by atoms with Crippen molar-refractivity contribution in [2.75, 3.05) is 38.0 Å². The number of carbonyl (C=O) groups excluding carboxylic acids is 1. The van der Waals surface area contributed by atoms with Gasteiger partial charge in [-0.3, -0.25) is 0 Å². The fourth-order valence-electron chi connectivity index (χ4n) is 3.33. The number of benzene rings is 1. The van der Waals surface area contributed by atoms with Gasteiger partial charge >= 0.3 is 6.03 Å². The topological polar surface area (TPSA) is 35.6 Å². The van der Waals surface area contributed by atoms with Crippen molar-refractivity contribution in [3.05, 3.63) is 29.0 Å². The smallest absolute Gasteiger partial charge is 0.321 e. The van der Waals surface area contributed by atoms with Crippen LogP contribution in [-0.4, -0.2) is 48.6 Å². The molecule has 1 unspecified atom stereocenters. The summed E-state index contributed by atoms with van der Waals surface area (Å²) in [4.78, 5) is 16.5. The Hall–Kier alpha value is -1.33. The molecule has 0 aliphatic carbocycles. The summed E-state index contributed by atoms with van der Waals surface area (Å²) < 4.78 is 13.3. The molecule has 2 amide bonds. The molecule has 120 valence electrons. The number of nitrogens with zero attached hydrogens (tertiary/aromatic N) is 2. The van der Waals surface area contributed by atoms with Crippen LogP contribution in [0.5, 0.6) is 0 Å². The molecular weight excluding hydrogens is 305 g/mol. The Balaban J connectivity index is 1.52. The van der Waals surface area contributed by atoms with Crippen molar-refractivity contribution in [1.29, 1.82) is 0 Å². The van der Waals surface area contributed by atoms with E-state index in [4.69, 9.17) is 11.6 Å². The van der Waals surface area contributed by atoms with Crippen LogP contribution in [0.3, 0.4) is 0 Å². The van der Waals surface area contributed by atoms with E-state index in [1.807, 2.05) is 0 Å². The van der Waals surface area contributed by atoms with E-state index in [1.54, 1.807) is 11.0 Å². The lowest BCUT2D eigenvalue weighted by molar-refractivity contribution is 0.217. The van der Waals surface area contributed by atoms with E-state index in [2.05, 4.69) is 10.2 Å². The van der Waals surface area contributed by atoms with E-state index in [0.717, 1.165) is 26.1 Å². The number of nitrogens with one attached hydrogen (secondary N) is 1. The number of urea groups is 1. The van der Waals surface area contributed by atoms with Gasteiger partial charge in [0, 0.05) is 30.3 Å². The second-order valence-electron chi connectivity index (χ2n) is 6.20. The maximum absolute atomic E-state index is 13.3. The number of halogens is 2. The normalized spacial score (nSPS) is 22.3. The van der Waals surface area contributed by atoms with Crippen LogP contribution in [-0.2, 0) is 0 Å². The number of hydrogen-bond donors (Lipinski definition) is 1. The SMILES string of the molecule is O=C(Nc1cc(F)cc(Cl)c1)N1CCC(CN2CCCC2)C1. The van der Waals surface area contributed by atoms with Gasteiger partial charge in [-0.05, 0) is 56.5 Å². The van der Waals surface area contributed by atoms with E-state index in [1.165, 1.54) is 38.1 Å². The number of rotatable bonds is 3. The highest BCUT2D eigenvalue weighted by Gasteiger charge is 2.28. The summed E-state index contributed by atoms with van der Waals surface area (Å²) in [6.07, 6.45) is 3.61. The van der Waals surface area contributed by atoms with Crippen LogP contribution in [0, 0.1) is 11.7 Å². The van der Waals surface area contributed by atoms with Gasteiger partial charge in [0.15, 0.2) is 0 Å². The molecule has 0 bridgehead atoms. The average Bonchev–Trinajstić information content (AvgIpc) is 3.09. The van der Waals surface area contributed by atoms with Gasteiger partial charge in [-0.2, -0.15) is 0 Å². The second-order valence-corrected chi connectivity index (χ2v) is 6.63. The Morgan fingerprint density at radius 2 is 2.05 bits per heavy atom. The molecular formula is C16H21ClFN3O. The lowest BCUT2D eigenvalue weighted by Crippen LogP contribution is -2.34. The summed E-state index contributed by atoms with van der Waals surface area (Å²) in [5, 5.41) is 3.01. The van der Waals surface area contributed by atoms with Crippen molar-refractivity contribution in [2.45, 2.75) is 19.3 Å². The maximum Gasteiger partial charge on any atom is 0.321 e. The van der Waals surface area contributed by atoms with E-state index >= 15 is 0 Å². The highest BCUT2D eigenvalue weighted by atomic mass is 35.5. The predicted molar refractivity (Wildman–Crippen MR) is 85.8 cm³/mol. The summed E-state index contributed by atoms with van der Waals surface area (Å²) in [5.74, 6) is 0.0936. The minimum Gasteiger partial charge on any atom is -0.324 e. The highest BCUT2D eigenvalue weighted by Crippen LogP contribution is 2.22. The molecule has 4 nitrogen and oxygen atoms in total. The van der Waals surface area contributed by atoms with Crippen LogP contribution >= 0.6 is 11.6 Å². The monoisotopic (exact) mass is 325 g/mol. The molecule has 2 heterocycles. The number of anilines is 1. The first kappa shape index (κ1) is 15.6. The molecule has 2 fully saturated rings. The summed E-state index contributed by atoms with van der Waals surface area (Å²) in [5.41, 5.74) is 0.401. The lowest BCUT2D eigenvalue weighted by Gasteiger charge is -2.21. The zero-order valence-corrected chi connectivity index (χ0v) is 13.3. The fraction of sp³-hybridized carbons (Fsp3) is 0.562. The summed E-state index contributed by atoms with van der Waals surface area (Å²) >= 11 is 5.80. The molecule has 2 aliphatic rings. The summed E-state index contributed by atoms with van der Waals surface area (Å²) in [7, 11) is 0. The van der Waals surface area contributed by atoms with Gasteiger partial charge in [-0.15, -0.1) is 0 Å². The van der Waals surface area contributed by atoms with Crippen molar-refractivity contribution in [2.24, 2.45) is 5.92 Å². The van der Waals surface area contributed by atoms with Crippen LogP contribution in [0.2, 0.25) is 5.02 Å². The quantitative estimate of drug-likeness (QED) is 0.924. The molecule has 1 aromatic carbocycles. The van der Waals surface area contributed by atoms with Gasteiger partial charge in [-0.25, -0.2) is 9.18 Å². The van der Waals surface area contributed by atoms with Gasteiger partial charge in [-0.1, -0.05) is 11.6 Å². The third-order valence-electron chi connectivity index (χ3n) is 4.40. The van der Waals surface area contributed by atoms with E-state index in [9.17, 15) is 9.18 Å². The third kappa shape index (κ3) is 3.90. The number of likely N-dealkylation sites (tertiary alicyclic amines) is 2. The molecule has 1 N–H and O–H groups in total. The van der Waals surface area contributed by atoms with Gasteiger partial charge in [0.2, 0.25) is 0 Å². The number of amides is 2. The number of carbonyl (C=O) groups is 1. The Morgan fingerprint density at radius 1 is 1.27 bits per heavy atom. The first-order valence-electron chi connectivity index (χ1n) is 7.84. The molecule has 0 aromatic heterocycles. The van der Waals surface area contributed by atoms with Crippen LogP contribution in [0.25, 0.3) is 0 Å². The summed E-state index contributed by atoms with van der Waals surface area (Å²) in [6.45, 7) is 4.98. The van der Waals surface area contributed by atoms with E-state index in [-0.39, 0.29) is 11.1 Å². The highest BCUT2D eigenvalue weighted by molar-refractivity contribution is 6.30. The van der Waals surface area contributed by atoms with Gasteiger partial charge in [0.25, 0.3) is 0 Å². The van der Waals surface area contributed by atoms with Crippen LogP contribution in [0.15, 0.2) is 18.2 Å². The number of hydrogen-bond acceptors (Lipinski definition) is 2. The first-order chi connectivity index (χ1) is 10.6. The Kier molecular flexibility index (Phi) is 4.84. The van der Waals surface area contributed by atoms with Crippen molar-refractivity contribution in [3.63, 3.8) is 0 Å². The summed E-state index contributed by atoms with van der Waals surface area (Å²) in [6, 6.07) is 3.88. The molecule has 2 aliphatic heterocycles. The first-order valence-corrected chi connectivity index (χ1v) is 8.22. The maximum atomic E-state index is 13.3. The fourth-order valence-corrected chi connectivity index (χ4v) is 3.55. The van der Waals surface area contributed by atoms with Crippen LogP contribution < -0.4 is 5.32 Å². The molecule has 1 atom stereocenters. The molecule has 0 spiro atoms. The Morgan fingerprint density at radius 3 is 2.77 bits per heavy atom. The average molecular weight is 326 g/mol. The van der Waals surface area contributed by atoms with Crippen molar-refractivity contribution >= 4 is 23.3 Å². The Labute approximate surface area is 135 Å². The van der Waals surface area contributed by atoms with E-state index in [0.29, 0.717) is 11.6 Å². The standard InChI is InChI=1S/C16H21ClFN3O/c17-13-7-14(18)9-15(8-13)19-16(22)21-6-3-12(11-21)10-20-4-1-2-5-20/h7-9,12H,1-6,10-11H2,(H,19,22). The predicted octanol–water partition coefficient (Wildman–Crippen LogP) is 3.43. The largest absolute Gasteiger partial charge is 0.324 e. The zero-order chi connectivity index (χ0) is 15.5. The van der Waals surface area contributed by atoms with Crippen molar-refractivity contribution < 1.29 is 9.18 Å². The van der Waals surface area contributed by atoms with Crippen molar-refractivity contribution in [1.82, 2.24) is 9.80 Å². The van der Waals surface area contributed by atoms with Gasteiger partial charge in [0.05, 0.1) is 0 Å². The van der Waals surface area contributed by atoms with Crippen LogP contribution in [0.4, 0.5) is 14.9 Å². The molecule has 6 heteroatoms. The van der Waals surface area contributed by atoms with E-state index < -0.39 is 5.82 Å². The Bertz CT molecular complexity index is 528. The van der Waals surface area contributed by atoms with Gasteiger partial charge < -0.3 is 15.1 Å². The minimum absolute atomic E-state index is 0.175. The van der Waals surface area contributed by atoms with Gasteiger partial charge in [0.1, 0.15) is 5.82 Å². The second kappa shape index (κ2) is 6.84. The molecule has 3 rings (SSSR count). The molecule has 0 radical (unpaired) electrons. The third-order valence-corrected chi connectivity index (χ3v) is 4.62. The minimum atomic E-state index is -0.448. The molecule has 1 aromatic rings. The molecule has 0 saturated carbocycles. The molecule has 2 saturated heterocycles.